The number of imidazole rings is 1. The van der Waals surface area contributed by atoms with Crippen molar-refractivity contribution in [2.75, 3.05) is 13.6 Å². The second kappa shape index (κ2) is 13.7. The van der Waals surface area contributed by atoms with Crippen LogP contribution in [0.1, 0.15) is 91.4 Å². The normalized spacial score (nSPS) is 15.7. The van der Waals surface area contributed by atoms with Crippen molar-refractivity contribution in [3.63, 3.8) is 0 Å². The average molecular weight is 622 g/mol. The van der Waals surface area contributed by atoms with Gasteiger partial charge in [-0.25, -0.2) is 14.6 Å². The second-order valence-electron chi connectivity index (χ2n) is 14.7. The molecule has 45 heavy (non-hydrogen) atoms. The molecule has 0 fully saturated rings. The Morgan fingerprint density at radius 2 is 1.62 bits per heavy atom. The summed E-state index contributed by atoms with van der Waals surface area (Å²) in [6.07, 6.45) is 2.93. The number of amides is 2. The van der Waals surface area contributed by atoms with Crippen molar-refractivity contribution in [2.24, 2.45) is 5.41 Å². The molecule has 0 saturated heterocycles. The zero-order valence-corrected chi connectivity index (χ0v) is 28.4. The summed E-state index contributed by atoms with van der Waals surface area (Å²) in [7, 11) is 2.15. The van der Waals surface area contributed by atoms with Crippen molar-refractivity contribution >= 4 is 23.2 Å². The monoisotopic (exact) mass is 621 g/mol. The molecule has 1 unspecified atom stereocenters. The van der Waals surface area contributed by atoms with Gasteiger partial charge in [-0.05, 0) is 97.0 Å². The summed E-state index contributed by atoms with van der Waals surface area (Å²) in [6, 6.07) is 12.6. The molecule has 2 heterocycles. The number of ether oxygens (including phenoxy) is 2. The Morgan fingerprint density at radius 1 is 0.978 bits per heavy atom. The quantitative estimate of drug-likeness (QED) is 0.240. The minimum Gasteiger partial charge on any atom is -0.444 e. The Bertz CT molecular complexity index is 1440. The van der Waals surface area contributed by atoms with E-state index >= 15 is 0 Å². The number of benzene rings is 1. The molecule has 3 N–H and O–H groups in total. The SMILES string of the molecule is CN(Cc1nc2ccccc2n1CC(C)(C)CNC(NC(=O)OC(C)(C)C)NC(=O)OC(C)(C)C)C1CCCc2cccnc21. The summed E-state index contributed by atoms with van der Waals surface area (Å²) >= 11 is 0. The van der Waals surface area contributed by atoms with Crippen LogP contribution in [0.25, 0.3) is 11.0 Å². The summed E-state index contributed by atoms with van der Waals surface area (Å²) in [5, 5.41) is 8.74. The van der Waals surface area contributed by atoms with Gasteiger partial charge in [0.25, 0.3) is 0 Å². The average Bonchev–Trinajstić information content (AvgIpc) is 3.25. The molecule has 11 heteroatoms. The van der Waals surface area contributed by atoms with E-state index in [0.717, 1.165) is 36.1 Å². The molecule has 1 aromatic carbocycles. The van der Waals surface area contributed by atoms with Crippen molar-refractivity contribution in [1.29, 1.82) is 0 Å². The number of fused-ring (bicyclic) bond motifs is 2. The molecule has 1 aliphatic rings. The lowest BCUT2D eigenvalue weighted by Crippen LogP contribution is -2.59. The third kappa shape index (κ3) is 9.89. The summed E-state index contributed by atoms with van der Waals surface area (Å²) in [4.78, 5) is 37.4. The molecule has 0 radical (unpaired) electrons. The fourth-order valence-electron chi connectivity index (χ4n) is 5.62. The fourth-order valence-corrected chi connectivity index (χ4v) is 5.62. The summed E-state index contributed by atoms with van der Waals surface area (Å²) in [5.41, 5.74) is 2.80. The first kappa shape index (κ1) is 34.2. The number of nitrogens with zero attached hydrogens (tertiary/aromatic N) is 4. The summed E-state index contributed by atoms with van der Waals surface area (Å²) < 4.78 is 13.2. The van der Waals surface area contributed by atoms with E-state index in [2.05, 4.69) is 58.4 Å². The van der Waals surface area contributed by atoms with Crippen LogP contribution in [0.4, 0.5) is 9.59 Å². The molecule has 1 atom stereocenters. The van der Waals surface area contributed by atoms with Crippen LogP contribution in [0.2, 0.25) is 0 Å². The first-order chi connectivity index (χ1) is 21.0. The van der Waals surface area contributed by atoms with Crippen molar-refractivity contribution in [3.05, 3.63) is 59.7 Å². The van der Waals surface area contributed by atoms with Gasteiger partial charge < -0.3 is 14.0 Å². The molecule has 246 valence electrons. The minimum atomic E-state index is -0.919. The minimum absolute atomic E-state index is 0.233. The van der Waals surface area contributed by atoms with E-state index in [-0.39, 0.29) is 11.5 Å². The highest BCUT2D eigenvalue weighted by Gasteiger charge is 2.29. The lowest BCUT2D eigenvalue weighted by molar-refractivity contribution is 0.0398. The number of hydrogen-bond donors (Lipinski definition) is 3. The topological polar surface area (TPSA) is 123 Å². The third-order valence-corrected chi connectivity index (χ3v) is 7.51. The van der Waals surface area contributed by atoms with E-state index in [4.69, 9.17) is 19.4 Å². The van der Waals surface area contributed by atoms with E-state index in [0.29, 0.717) is 19.6 Å². The molecule has 0 saturated carbocycles. The Kier molecular flexibility index (Phi) is 10.4. The van der Waals surface area contributed by atoms with Crippen LogP contribution in [0, 0.1) is 5.41 Å². The maximum Gasteiger partial charge on any atom is 0.410 e. The number of pyridine rings is 1. The van der Waals surface area contributed by atoms with Gasteiger partial charge in [0.15, 0.2) is 6.29 Å². The highest BCUT2D eigenvalue weighted by molar-refractivity contribution is 5.76. The number of hydrogen-bond acceptors (Lipinski definition) is 8. The molecule has 0 spiro atoms. The number of aryl methyl sites for hydroxylation is 1. The summed E-state index contributed by atoms with van der Waals surface area (Å²) in [5.74, 6) is 0.977. The number of aromatic nitrogens is 3. The Hall–Kier alpha value is -3.70. The molecular weight excluding hydrogens is 570 g/mol. The first-order valence-electron chi connectivity index (χ1n) is 15.8. The van der Waals surface area contributed by atoms with Gasteiger partial charge in [0, 0.05) is 19.3 Å². The van der Waals surface area contributed by atoms with Crippen LogP contribution < -0.4 is 16.0 Å². The molecule has 3 aromatic rings. The van der Waals surface area contributed by atoms with Gasteiger partial charge in [-0.3, -0.25) is 25.8 Å². The van der Waals surface area contributed by atoms with Crippen LogP contribution in [0.15, 0.2) is 42.6 Å². The smallest absolute Gasteiger partial charge is 0.410 e. The molecule has 2 aromatic heterocycles. The Labute approximate surface area is 267 Å². The molecule has 0 bridgehead atoms. The number of nitrogens with one attached hydrogen (secondary N) is 3. The second-order valence-corrected chi connectivity index (χ2v) is 14.7. The van der Waals surface area contributed by atoms with Crippen molar-refractivity contribution in [1.82, 2.24) is 35.4 Å². The third-order valence-electron chi connectivity index (χ3n) is 7.51. The Balaban J connectivity index is 1.51. The zero-order chi connectivity index (χ0) is 33.0. The molecule has 1 aliphatic carbocycles. The Morgan fingerprint density at radius 3 is 2.27 bits per heavy atom. The van der Waals surface area contributed by atoms with Crippen LogP contribution in [-0.4, -0.2) is 62.7 Å². The molecule has 11 nitrogen and oxygen atoms in total. The molecule has 4 rings (SSSR count). The number of rotatable bonds is 10. The van der Waals surface area contributed by atoms with Crippen LogP contribution >= 0.6 is 0 Å². The molecular formula is C34H51N7O4. The maximum atomic E-state index is 12.6. The highest BCUT2D eigenvalue weighted by Crippen LogP contribution is 2.33. The van der Waals surface area contributed by atoms with E-state index in [1.54, 1.807) is 41.5 Å². The van der Waals surface area contributed by atoms with Crippen LogP contribution in [-0.2, 0) is 29.0 Å². The number of para-hydroxylation sites is 2. The van der Waals surface area contributed by atoms with Crippen molar-refractivity contribution < 1.29 is 19.1 Å². The fraction of sp³-hybridized carbons (Fsp3) is 0.588. The van der Waals surface area contributed by atoms with Gasteiger partial charge in [-0.15, -0.1) is 0 Å². The number of carbonyl (C=O) groups excluding carboxylic acids is 2. The van der Waals surface area contributed by atoms with Gasteiger partial charge in [0.1, 0.15) is 17.0 Å². The van der Waals surface area contributed by atoms with Crippen LogP contribution in [0.3, 0.4) is 0 Å². The predicted molar refractivity (Wildman–Crippen MR) is 175 cm³/mol. The van der Waals surface area contributed by atoms with E-state index in [9.17, 15) is 9.59 Å². The molecule has 2 amide bonds. The van der Waals surface area contributed by atoms with E-state index in [1.165, 1.54) is 11.3 Å². The van der Waals surface area contributed by atoms with Gasteiger partial charge in [-0.2, -0.15) is 0 Å². The molecule has 0 aliphatic heterocycles. The largest absolute Gasteiger partial charge is 0.444 e. The number of alkyl carbamates (subject to hydrolysis) is 2. The van der Waals surface area contributed by atoms with Gasteiger partial charge in [0.2, 0.25) is 0 Å². The first-order valence-corrected chi connectivity index (χ1v) is 15.8. The van der Waals surface area contributed by atoms with Gasteiger partial charge >= 0.3 is 12.2 Å². The zero-order valence-electron chi connectivity index (χ0n) is 28.4. The maximum absolute atomic E-state index is 12.6. The lowest BCUT2D eigenvalue weighted by atomic mass is 9.91. The van der Waals surface area contributed by atoms with Gasteiger partial charge in [0.05, 0.1) is 29.3 Å². The lowest BCUT2D eigenvalue weighted by Gasteiger charge is -2.33. The van der Waals surface area contributed by atoms with Crippen LogP contribution in [0.5, 0.6) is 0 Å². The van der Waals surface area contributed by atoms with E-state index in [1.807, 2.05) is 30.5 Å². The summed E-state index contributed by atoms with van der Waals surface area (Å²) in [6.45, 7) is 16.8. The standard InChI is InChI=1S/C34H51N7O4/c1-32(2,3)44-30(42)38-29(39-31(43)45-33(4,5)6)36-21-34(7,8)22-41-25-17-11-10-16-24(25)37-27(41)20-40(9)26-18-12-14-23-15-13-19-35-28(23)26/h10-11,13,15-17,19,26,29,36H,12,14,18,20-22H2,1-9H3,(H,38,42)(H,39,43). The predicted octanol–water partition coefficient (Wildman–Crippen LogP) is 5.89. The van der Waals surface area contributed by atoms with Gasteiger partial charge in [-0.1, -0.05) is 32.0 Å². The van der Waals surface area contributed by atoms with E-state index < -0.39 is 29.7 Å². The number of carbonyl (C=O) groups is 2. The van der Waals surface area contributed by atoms with Crippen molar-refractivity contribution in [2.45, 2.75) is 111 Å². The highest BCUT2D eigenvalue weighted by atomic mass is 16.6. The van der Waals surface area contributed by atoms with Crippen molar-refractivity contribution in [3.8, 4) is 0 Å².